The average molecular weight is 304 g/mol. The third kappa shape index (κ3) is 2.42. The minimum atomic E-state index is -2.24. The smallest absolute Gasteiger partial charge is 0.200 e. The maximum atomic E-state index is 13.7. The van der Waals surface area contributed by atoms with Gasteiger partial charge in [0.2, 0.25) is 5.82 Å². The summed E-state index contributed by atoms with van der Waals surface area (Å²) < 4.78 is 71.7. The Hall–Kier alpha value is -2.22. The van der Waals surface area contributed by atoms with E-state index in [0.29, 0.717) is 0 Å². The molecule has 0 saturated heterocycles. The van der Waals surface area contributed by atoms with Crippen molar-refractivity contribution >= 4 is 0 Å². The first-order valence-electron chi connectivity index (χ1n) is 5.66. The molecular formula is C13H9F5N2O. The third-order valence-electron chi connectivity index (χ3n) is 2.87. The zero-order valence-electron chi connectivity index (χ0n) is 10.6. The van der Waals surface area contributed by atoms with Gasteiger partial charge in [0.1, 0.15) is 11.4 Å². The predicted octanol–water partition coefficient (Wildman–Crippen LogP) is 2.83. The fourth-order valence-corrected chi connectivity index (χ4v) is 1.84. The van der Waals surface area contributed by atoms with Crippen LogP contribution in [0.4, 0.5) is 22.0 Å². The van der Waals surface area contributed by atoms with E-state index in [2.05, 4.69) is 4.98 Å². The molecule has 0 spiro atoms. The van der Waals surface area contributed by atoms with Crippen LogP contribution >= 0.6 is 0 Å². The number of pyridine rings is 1. The minimum Gasteiger partial charge on any atom is -0.495 e. The summed E-state index contributed by atoms with van der Waals surface area (Å²) in [5.74, 6) is -10.3. The van der Waals surface area contributed by atoms with Crippen LogP contribution in [0.3, 0.4) is 0 Å². The van der Waals surface area contributed by atoms with Crippen molar-refractivity contribution in [3.05, 3.63) is 58.7 Å². The standard InChI is InChI=1S/C13H9F5N2O/c1-21-5-3-2-4-20-13(5)12(19)6-7(14)9(16)11(18)10(17)8(6)15/h2-4,12H,19H2,1H3. The van der Waals surface area contributed by atoms with Crippen molar-refractivity contribution in [1.29, 1.82) is 0 Å². The van der Waals surface area contributed by atoms with Crippen molar-refractivity contribution < 1.29 is 26.7 Å². The second-order valence-corrected chi connectivity index (χ2v) is 4.05. The second kappa shape index (κ2) is 5.65. The van der Waals surface area contributed by atoms with E-state index in [1.807, 2.05) is 0 Å². The first-order chi connectivity index (χ1) is 9.90. The van der Waals surface area contributed by atoms with E-state index in [-0.39, 0.29) is 11.4 Å². The topological polar surface area (TPSA) is 48.1 Å². The van der Waals surface area contributed by atoms with E-state index in [1.165, 1.54) is 25.4 Å². The van der Waals surface area contributed by atoms with Crippen LogP contribution in [0.1, 0.15) is 17.3 Å². The number of hydrogen-bond acceptors (Lipinski definition) is 3. The van der Waals surface area contributed by atoms with Gasteiger partial charge in [-0.1, -0.05) is 0 Å². The minimum absolute atomic E-state index is 0.0638. The SMILES string of the molecule is COc1cccnc1C(N)c1c(F)c(F)c(F)c(F)c1F. The lowest BCUT2D eigenvalue weighted by molar-refractivity contribution is 0.364. The molecule has 1 aromatic carbocycles. The Morgan fingerprint density at radius 3 is 2.05 bits per heavy atom. The van der Waals surface area contributed by atoms with Gasteiger partial charge in [-0.2, -0.15) is 0 Å². The molecule has 0 aliphatic heterocycles. The molecule has 0 bridgehead atoms. The highest BCUT2D eigenvalue weighted by molar-refractivity contribution is 5.38. The molecule has 0 saturated carbocycles. The lowest BCUT2D eigenvalue weighted by Gasteiger charge is -2.17. The normalized spacial score (nSPS) is 12.3. The maximum Gasteiger partial charge on any atom is 0.200 e. The van der Waals surface area contributed by atoms with Gasteiger partial charge < -0.3 is 10.5 Å². The van der Waals surface area contributed by atoms with E-state index in [9.17, 15) is 22.0 Å². The van der Waals surface area contributed by atoms with Crippen LogP contribution in [0.5, 0.6) is 5.75 Å². The summed E-state index contributed by atoms with van der Waals surface area (Å²) in [6.07, 6.45) is 1.25. The molecular weight excluding hydrogens is 295 g/mol. The molecule has 0 radical (unpaired) electrons. The first-order valence-corrected chi connectivity index (χ1v) is 5.66. The van der Waals surface area contributed by atoms with Gasteiger partial charge in [0, 0.05) is 6.20 Å². The number of halogens is 5. The molecule has 1 atom stereocenters. The van der Waals surface area contributed by atoms with Gasteiger partial charge >= 0.3 is 0 Å². The number of rotatable bonds is 3. The molecule has 2 aromatic rings. The molecule has 112 valence electrons. The number of methoxy groups -OCH3 is 1. The van der Waals surface area contributed by atoms with E-state index in [1.54, 1.807) is 0 Å². The van der Waals surface area contributed by atoms with Gasteiger partial charge in [0.25, 0.3) is 0 Å². The van der Waals surface area contributed by atoms with Crippen LogP contribution < -0.4 is 10.5 Å². The number of aromatic nitrogens is 1. The van der Waals surface area contributed by atoms with Gasteiger partial charge in [0.15, 0.2) is 23.3 Å². The molecule has 0 amide bonds. The molecule has 3 nitrogen and oxygen atoms in total. The Morgan fingerprint density at radius 2 is 1.52 bits per heavy atom. The van der Waals surface area contributed by atoms with Crippen LogP contribution in [-0.2, 0) is 0 Å². The van der Waals surface area contributed by atoms with Gasteiger partial charge in [-0.25, -0.2) is 22.0 Å². The average Bonchev–Trinajstić information content (AvgIpc) is 2.51. The van der Waals surface area contributed by atoms with Crippen LogP contribution in [0.25, 0.3) is 0 Å². The van der Waals surface area contributed by atoms with Crippen molar-refractivity contribution in [2.75, 3.05) is 7.11 Å². The number of nitrogens with two attached hydrogens (primary N) is 1. The van der Waals surface area contributed by atoms with Crippen LogP contribution in [0, 0.1) is 29.1 Å². The molecule has 1 heterocycles. The highest BCUT2D eigenvalue weighted by Crippen LogP contribution is 2.32. The summed E-state index contributed by atoms with van der Waals surface area (Å²) in [6, 6.07) is 1.19. The summed E-state index contributed by atoms with van der Waals surface area (Å²) in [7, 11) is 1.26. The van der Waals surface area contributed by atoms with Crippen molar-refractivity contribution in [1.82, 2.24) is 4.98 Å². The number of hydrogen-bond donors (Lipinski definition) is 1. The first kappa shape index (κ1) is 15.2. The Labute approximate surface area is 116 Å². The molecule has 21 heavy (non-hydrogen) atoms. The zero-order valence-corrected chi connectivity index (χ0v) is 10.6. The van der Waals surface area contributed by atoms with Crippen LogP contribution in [0.15, 0.2) is 18.3 Å². The molecule has 0 aliphatic rings. The summed E-state index contributed by atoms with van der Waals surface area (Å²) in [6.45, 7) is 0. The molecule has 1 unspecified atom stereocenters. The Morgan fingerprint density at radius 1 is 1.00 bits per heavy atom. The summed E-state index contributed by atoms with van der Waals surface area (Å²) in [5.41, 5.74) is 4.29. The fraction of sp³-hybridized carbons (Fsp3) is 0.154. The Kier molecular flexibility index (Phi) is 4.08. The lowest BCUT2D eigenvalue weighted by atomic mass is 10.0. The second-order valence-electron chi connectivity index (χ2n) is 4.05. The fourth-order valence-electron chi connectivity index (χ4n) is 1.84. The molecule has 8 heteroatoms. The van der Waals surface area contributed by atoms with Crippen molar-refractivity contribution in [3.63, 3.8) is 0 Å². The van der Waals surface area contributed by atoms with Crippen molar-refractivity contribution in [2.24, 2.45) is 5.73 Å². The van der Waals surface area contributed by atoms with Crippen LogP contribution in [0.2, 0.25) is 0 Å². The molecule has 2 N–H and O–H groups in total. The van der Waals surface area contributed by atoms with Gasteiger partial charge in [-0.3, -0.25) is 4.98 Å². The van der Waals surface area contributed by atoms with E-state index >= 15 is 0 Å². The maximum absolute atomic E-state index is 13.7. The zero-order chi connectivity index (χ0) is 15.7. The summed E-state index contributed by atoms with van der Waals surface area (Å²) >= 11 is 0. The lowest BCUT2D eigenvalue weighted by Crippen LogP contribution is -2.20. The summed E-state index contributed by atoms with van der Waals surface area (Å²) in [4.78, 5) is 3.77. The Bertz CT molecular complexity index is 663. The van der Waals surface area contributed by atoms with Gasteiger partial charge in [0.05, 0.1) is 18.7 Å². The van der Waals surface area contributed by atoms with Gasteiger partial charge in [-0.05, 0) is 12.1 Å². The highest BCUT2D eigenvalue weighted by Gasteiger charge is 2.31. The number of nitrogens with zero attached hydrogens (tertiary/aromatic N) is 1. The van der Waals surface area contributed by atoms with E-state index < -0.39 is 40.7 Å². The summed E-state index contributed by atoms with van der Waals surface area (Å²) in [5, 5.41) is 0. The quantitative estimate of drug-likeness (QED) is 0.539. The van der Waals surface area contributed by atoms with E-state index in [0.717, 1.165) is 0 Å². The predicted molar refractivity (Wildman–Crippen MR) is 63.1 cm³/mol. The van der Waals surface area contributed by atoms with Crippen molar-refractivity contribution in [3.8, 4) is 5.75 Å². The monoisotopic (exact) mass is 304 g/mol. The number of ether oxygens (including phenoxy) is 1. The molecule has 2 rings (SSSR count). The molecule has 1 aromatic heterocycles. The van der Waals surface area contributed by atoms with Crippen LogP contribution in [-0.4, -0.2) is 12.1 Å². The van der Waals surface area contributed by atoms with Gasteiger partial charge in [-0.15, -0.1) is 0 Å². The molecule has 0 aliphatic carbocycles. The molecule has 0 fully saturated rings. The Balaban J connectivity index is 2.67. The van der Waals surface area contributed by atoms with Crippen molar-refractivity contribution in [2.45, 2.75) is 6.04 Å². The third-order valence-corrected chi connectivity index (χ3v) is 2.87. The highest BCUT2D eigenvalue weighted by atomic mass is 19.2. The largest absolute Gasteiger partial charge is 0.495 e. The number of benzene rings is 1. The van der Waals surface area contributed by atoms with E-state index in [4.69, 9.17) is 10.5 Å².